The molecule has 1 aliphatic carbocycles. The Morgan fingerprint density at radius 3 is 1.74 bits per heavy atom. The Balaban J connectivity index is 0.000000407. The minimum atomic E-state index is -5.84. The molecule has 0 atom stereocenters. The summed E-state index contributed by atoms with van der Waals surface area (Å²) in [6.45, 7) is 4.57. The first-order chi connectivity index (χ1) is 20.4. The smallest absolute Gasteiger partial charge is 0.279 e. The molecule has 0 amide bonds. The number of hydrogen-bond donors (Lipinski definition) is 1. The fourth-order valence-corrected chi connectivity index (χ4v) is 5.62. The van der Waals surface area contributed by atoms with Crippen LogP contribution in [-0.2, 0) is 23.0 Å². The minimum Gasteiger partial charge on any atom is -0.279 e. The zero-order valence-corrected chi connectivity index (χ0v) is 24.6. The molecule has 220 valence electrons. The van der Waals surface area contributed by atoms with Gasteiger partial charge in [0.05, 0.1) is 0 Å². The van der Waals surface area contributed by atoms with Crippen molar-refractivity contribution in [2.75, 3.05) is 0 Å². The Hall–Kier alpha value is -4.20. The summed E-state index contributed by atoms with van der Waals surface area (Å²) in [4.78, 5) is 0. The van der Waals surface area contributed by atoms with Crippen LogP contribution in [0.4, 0.5) is 13.2 Å². The summed E-state index contributed by atoms with van der Waals surface area (Å²) in [5.74, 6) is 0.654. The fourth-order valence-electron chi connectivity index (χ4n) is 5.62. The van der Waals surface area contributed by atoms with E-state index in [0.29, 0.717) is 5.92 Å². The Morgan fingerprint density at radius 2 is 1.19 bits per heavy atom. The van der Waals surface area contributed by atoms with Crippen LogP contribution in [0.15, 0.2) is 115 Å². The summed E-state index contributed by atoms with van der Waals surface area (Å²) in [5.41, 5.74) is 9.33. The van der Waals surface area contributed by atoms with Crippen LogP contribution >= 0.6 is 0 Å². The summed E-state index contributed by atoms with van der Waals surface area (Å²) in [5, 5.41) is 0. The zero-order valence-electron chi connectivity index (χ0n) is 23.8. The van der Waals surface area contributed by atoms with Crippen molar-refractivity contribution in [3.05, 3.63) is 132 Å². The second kappa shape index (κ2) is 12.2. The van der Waals surface area contributed by atoms with E-state index < -0.39 is 15.6 Å². The summed E-state index contributed by atoms with van der Waals surface area (Å²) in [6.07, 6.45) is 2.09. The van der Waals surface area contributed by atoms with E-state index in [1.807, 2.05) is 0 Å². The van der Waals surface area contributed by atoms with Crippen LogP contribution in [0.2, 0.25) is 0 Å². The molecule has 0 spiro atoms. The van der Waals surface area contributed by atoms with Gasteiger partial charge < -0.3 is 0 Å². The number of alkyl halides is 3. The predicted octanol–water partition coefficient (Wildman–Crippen LogP) is 9.85. The molecular weight excluding hydrogens is 569 g/mol. The van der Waals surface area contributed by atoms with Gasteiger partial charge >= 0.3 is 15.6 Å². The Morgan fingerprint density at radius 1 is 0.674 bits per heavy atom. The van der Waals surface area contributed by atoms with E-state index in [1.165, 1.54) is 61.2 Å². The maximum Gasteiger partial charge on any atom is 0.522 e. The molecule has 0 aromatic heterocycles. The highest BCUT2D eigenvalue weighted by Gasteiger charge is 2.44. The molecule has 5 aromatic carbocycles. The quantitative estimate of drug-likeness (QED) is 0.158. The zero-order chi connectivity index (χ0) is 30.8. The lowest BCUT2D eigenvalue weighted by molar-refractivity contribution is -0.0510. The van der Waals surface area contributed by atoms with E-state index in [0.717, 1.165) is 12.8 Å². The summed E-state index contributed by atoms with van der Waals surface area (Å²) < 4.78 is 57.5. The molecule has 0 unspecified atom stereocenters. The molecule has 0 heterocycles. The Kier molecular flexibility index (Phi) is 8.58. The van der Waals surface area contributed by atoms with E-state index >= 15 is 0 Å². The van der Waals surface area contributed by atoms with Crippen LogP contribution in [0.1, 0.15) is 30.5 Å². The molecule has 43 heavy (non-hydrogen) atoms. The largest absolute Gasteiger partial charge is 0.522 e. The molecule has 1 N–H and O–H groups in total. The SMILES string of the molecule is CC(C)Cc1ccc(-c2c3c(cc(-c4ccccc4)c2-c2ccccc2)-c2ccccc2C3)cc1.O=S(=O)(O)C(F)(F)F. The second-order valence-electron chi connectivity index (χ2n) is 11.0. The second-order valence-corrected chi connectivity index (χ2v) is 12.4. The van der Waals surface area contributed by atoms with Gasteiger partial charge in [-0.05, 0) is 86.0 Å². The van der Waals surface area contributed by atoms with Crippen LogP contribution in [0.25, 0.3) is 44.5 Å². The highest BCUT2D eigenvalue weighted by molar-refractivity contribution is 7.86. The van der Waals surface area contributed by atoms with Crippen LogP contribution in [0, 0.1) is 5.92 Å². The third kappa shape index (κ3) is 6.58. The maximum atomic E-state index is 10.7. The molecule has 0 saturated heterocycles. The Labute approximate surface area is 250 Å². The predicted molar refractivity (Wildman–Crippen MR) is 167 cm³/mol. The van der Waals surface area contributed by atoms with Gasteiger partial charge in [0.1, 0.15) is 0 Å². The molecule has 0 fully saturated rings. The van der Waals surface area contributed by atoms with Gasteiger partial charge in [-0.2, -0.15) is 21.6 Å². The summed E-state index contributed by atoms with van der Waals surface area (Å²) in [7, 11) is -5.84. The van der Waals surface area contributed by atoms with Gasteiger partial charge in [0.2, 0.25) is 0 Å². The maximum absolute atomic E-state index is 10.7. The molecule has 0 radical (unpaired) electrons. The number of rotatable bonds is 5. The van der Waals surface area contributed by atoms with Crippen LogP contribution in [-0.4, -0.2) is 18.5 Å². The number of fused-ring (bicyclic) bond motifs is 3. The van der Waals surface area contributed by atoms with Crippen LogP contribution < -0.4 is 0 Å². The molecule has 0 bridgehead atoms. The third-order valence-corrected chi connectivity index (χ3v) is 8.02. The van der Waals surface area contributed by atoms with Gasteiger partial charge in [-0.15, -0.1) is 0 Å². The highest BCUT2D eigenvalue weighted by atomic mass is 32.2. The average Bonchev–Trinajstić information content (AvgIpc) is 3.35. The van der Waals surface area contributed by atoms with Crippen molar-refractivity contribution in [3.63, 3.8) is 0 Å². The lowest BCUT2D eigenvalue weighted by Gasteiger charge is -2.21. The lowest BCUT2D eigenvalue weighted by Crippen LogP contribution is -2.21. The van der Waals surface area contributed by atoms with E-state index in [1.54, 1.807) is 0 Å². The molecule has 5 aromatic rings. The van der Waals surface area contributed by atoms with Crippen molar-refractivity contribution in [1.82, 2.24) is 0 Å². The normalized spacial score (nSPS) is 12.3. The van der Waals surface area contributed by atoms with Gasteiger partial charge in [-0.1, -0.05) is 123 Å². The number of hydrogen-bond acceptors (Lipinski definition) is 2. The van der Waals surface area contributed by atoms with Crippen molar-refractivity contribution in [2.45, 2.75) is 32.2 Å². The van der Waals surface area contributed by atoms with Crippen molar-refractivity contribution in [1.29, 1.82) is 0 Å². The van der Waals surface area contributed by atoms with E-state index in [-0.39, 0.29) is 0 Å². The third-order valence-electron chi connectivity index (χ3n) is 7.44. The molecule has 0 aliphatic heterocycles. The molecule has 6 rings (SSSR count). The van der Waals surface area contributed by atoms with Gasteiger partial charge in [0, 0.05) is 0 Å². The minimum absolute atomic E-state index is 0.654. The van der Waals surface area contributed by atoms with Gasteiger partial charge in [0.25, 0.3) is 0 Å². The van der Waals surface area contributed by atoms with Gasteiger partial charge in [-0.3, -0.25) is 4.55 Å². The molecule has 0 saturated carbocycles. The standard InChI is InChI=1S/C35H30.CHF3O3S/c1-24(2)21-25-17-19-28(20-18-25)35-33-22-29-15-9-10-16-30(29)32(33)23-31(26-11-5-3-6-12-26)34(35)27-13-7-4-8-14-27;2-1(3,4)8(5,6)7/h3-20,23-24H,21-22H2,1-2H3;(H,5,6,7). The van der Waals surface area contributed by atoms with Gasteiger partial charge in [0.15, 0.2) is 0 Å². The van der Waals surface area contributed by atoms with Crippen molar-refractivity contribution >= 4 is 10.1 Å². The first kappa shape index (κ1) is 30.3. The first-order valence-corrected chi connectivity index (χ1v) is 15.4. The van der Waals surface area contributed by atoms with Crippen LogP contribution in [0.3, 0.4) is 0 Å². The molecule has 1 aliphatic rings. The van der Waals surface area contributed by atoms with Crippen molar-refractivity contribution in [2.24, 2.45) is 5.92 Å². The Bertz CT molecular complexity index is 1830. The average molecular weight is 601 g/mol. The van der Waals surface area contributed by atoms with Crippen LogP contribution in [0.5, 0.6) is 0 Å². The number of benzene rings is 5. The molecular formula is C36H31F3O3S. The fraction of sp³-hybridized carbons (Fsp3) is 0.167. The first-order valence-electron chi connectivity index (χ1n) is 14.0. The molecule has 7 heteroatoms. The highest BCUT2D eigenvalue weighted by Crippen LogP contribution is 2.50. The topological polar surface area (TPSA) is 54.4 Å². The monoisotopic (exact) mass is 600 g/mol. The van der Waals surface area contributed by atoms with E-state index in [2.05, 4.69) is 129 Å². The van der Waals surface area contributed by atoms with Crippen molar-refractivity contribution in [3.8, 4) is 44.5 Å². The van der Waals surface area contributed by atoms with Crippen molar-refractivity contribution < 1.29 is 26.1 Å². The number of halogens is 3. The van der Waals surface area contributed by atoms with Gasteiger partial charge in [-0.25, -0.2) is 0 Å². The summed E-state index contributed by atoms with van der Waals surface area (Å²) in [6, 6.07) is 42.5. The summed E-state index contributed by atoms with van der Waals surface area (Å²) >= 11 is 0. The molecule has 3 nitrogen and oxygen atoms in total. The van der Waals surface area contributed by atoms with E-state index in [4.69, 9.17) is 13.0 Å². The van der Waals surface area contributed by atoms with E-state index in [9.17, 15) is 13.2 Å². The lowest BCUT2D eigenvalue weighted by atomic mass is 9.82.